The van der Waals surface area contributed by atoms with E-state index >= 15 is 0 Å². The highest BCUT2D eigenvalue weighted by Gasteiger charge is 2.28. The number of hydrogen-bond donors (Lipinski definition) is 0. The van der Waals surface area contributed by atoms with Gasteiger partial charge in [-0.1, -0.05) is 279 Å². The van der Waals surface area contributed by atoms with Crippen molar-refractivity contribution in [3.05, 3.63) is 340 Å². The van der Waals surface area contributed by atoms with Crippen LogP contribution in [-0.4, -0.2) is 48.2 Å². The Morgan fingerprint density at radius 1 is 0.170 bits per heavy atom. The lowest BCUT2D eigenvalue weighted by Crippen LogP contribution is -2.06. The Bertz CT molecular complexity index is 6100. The predicted octanol–water partition coefficient (Wildman–Crippen LogP) is 22.1. The first-order valence-corrected chi connectivity index (χ1v) is 33.7. The Balaban J connectivity index is 0.958. The molecule has 100 heavy (non-hydrogen) atoms. The van der Waals surface area contributed by atoms with E-state index in [0.29, 0.717) is 34.9 Å². The average Bonchev–Trinajstić information content (AvgIpc) is 1.54. The van der Waals surface area contributed by atoms with Crippen molar-refractivity contribution in [1.29, 1.82) is 0 Å². The fraction of sp³-hybridized carbons (Fsp3) is 0. The normalized spacial score (nSPS) is 11.8. The summed E-state index contributed by atoms with van der Waals surface area (Å²) in [7, 11) is 0. The lowest BCUT2D eigenvalue weighted by molar-refractivity contribution is 1.07. The van der Waals surface area contributed by atoms with Crippen molar-refractivity contribution in [1.82, 2.24) is 48.2 Å². The van der Waals surface area contributed by atoms with Gasteiger partial charge in [-0.15, -0.1) is 0 Å². The maximum atomic E-state index is 5.43. The summed E-state index contributed by atoms with van der Waals surface area (Å²) in [5, 5.41) is 9.07. The summed E-state index contributed by atoms with van der Waals surface area (Å²) in [6.45, 7) is 0. The molecule has 0 saturated heterocycles. The molecule has 0 atom stereocenters. The second-order valence-corrected chi connectivity index (χ2v) is 25.3. The molecule has 0 spiro atoms. The van der Waals surface area contributed by atoms with E-state index in [1.165, 1.54) is 0 Å². The largest absolute Gasteiger partial charge is 0.307 e. The smallest absolute Gasteiger partial charge is 0.164 e. The minimum atomic E-state index is 0.539. The van der Waals surface area contributed by atoms with Gasteiger partial charge in [0, 0.05) is 99.0 Å². The molecule has 6 aromatic heterocycles. The molecule has 0 aliphatic carbocycles. The van der Waals surface area contributed by atoms with Crippen LogP contribution in [0.1, 0.15) is 0 Å². The fourth-order valence-corrected chi connectivity index (χ4v) is 15.2. The monoisotopic (exact) mass is 1280 g/mol. The molecule has 0 fully saturated rings. The van der Waals surface area contributed by atoms with Gasteiger partial charge in [-0.25, -0.2) is 29.9 Å². The second kappa shape index (κ2) is 23.0. The Labute approximate surface area is 574 Å². The van der Waals surface area contributed by atoms with E-state index in [-0.39, 0.29) is 0 Å². The van der Waals surface area contributed by atoms with Gasteiger partial charge in [0.25, 0.3) is 0 Å². The van der Waals surface area contributed by atoms with Gasteiger partial charge in [0.1, 0.15) is 0 Å². The molecule has 0 N–H and O–H groups in total. The van der Waals surface area contributed by atoms with E-state index in [4.69, 9.17) is 29.9 Å². The first kappa shape index (κ1) is 56.6. The van der Waals surface area contributed by atoms with E-state index in [2.05, 4.69) is 285 Å². The van der Waals surface area contributed by atoms with Gasteiger partial charge in [-0.05, 0) is 60.7 Å². The highest BCUT2D eigenvalue weighted by molar-refractivity contribution is 6.26. The number of nitrogens with zero attached hydrogens (tertiary/aromatic N) is 10. The van der Waals surface area contributed by atoms with Crippen LogP contribution in [0.3, 0.4) is 0 Å². The summed E-state index contributed by atoms with van der Waals surface area (Å²) in [6.07, 6.45) is 0. The molecule has 6 heterocycles. The third-order valence-corrected chi connectivity index (χ3v) is 19.6. The molecule has 10 heteroatoms. The van der Waals surface area contributed by atoms with E-state index in [9.17, 15) is 0 Å². The number of rotatable bonds is 11. The van der Waals surface area contributed by atoms with Gasteiger partial charge in [-0.3, -0.25) is 0 Å². The van der Waals surface area contributed by atoms with Gasteiger partial charge in [0.05, 0.1) is 55.5 Å². The van der Waals surface area contributed by atoms with Crippen LogP contribution < -0.4 is 0 Å². The van der Waals surface area contributed by atoms with Crippen molar-refractivity contribution in [2.75, 3.05) is 0 Å². The zero-order valence-corrected chi connectivity index (χ0v) is 53.8. The highest BCUT2D eigenvalue weighted by atomic mass is 15.1. The van der Waals surface area contributed by atoms with E-state index in [1.807, 2.05) is 72.8 Å². The lowest BCUT2D eigenvalue weighted by Gasteiger charge is -2.21. The molecular weight excluding hydrogens is 1220 g/mol. The molecule has 0 aliphatic heterocycles. The molecule has 0 bridgehead atoms. The zero-order valence-electron chi connectivity index (χ0n) is 53.8. The van der Waals surface area contributed by atoms with Gasteiger partial charge < -0.3 is 18.3 Å². The van der Waals surface area contributed by atoms with E-state index in [1.54, 1.807) is 0 Å². The third kappa shape index (κ3) is 9.05. The van der Waals surface area contributed by atoms with Crippen LogP contribution in [0.2, 0.25) is 0 Å². The van der Waals surface area contributed by atoms with Crippen LogP contribution >= 0.6 is 0 Å². The molecule has 0 radical (unpaired) electrons. The van der Waals surface area contributed by atoms with Crippen LogP contribution in [0.4, 0.5) is 0 Å². The van der Waals surface area contributed by atoms with Gasteiger partial charge in [0.15, 0.2) is 34.9 Å². The Morgan fingerprint density at radius 3 is 0.690 bits per heavy atom. The first-order chi connectivity index (χ1) is 49.6. The lowest BCUT2D eigenvalue weighted by atomic mass is 9.96. The summed E-state index contributed by atoms with van der Waals surface area (Å²) in [5.74, 6) is 3.39. The summed E-state index contributed by atoms with van der Waals surface area (Å²) in [6, 6.07) is 121. The van der Waals surface area contributed by atoms with Gasteiger partial charge in [0.2, 0.25) is 0 Å². The molecule has 20 rings (SSSR count). The van der Waals surface area contributed by atoms with Crippen LogP contribution in [0.25, 0.3) is 189 Å². The van der Waals surface area contributed by atoms with Crippen molar-refractivity contribution < 1.29 is 0 Å². The van der Waals surface area contributed by atoms with Crippen molar-refractivity contribution in [3.8, 4) is 102 Å². The molecule has 0 unspecified atom stereocenters. The maximum absolute atomic E-state index is 5.43. The van der Waals surface area contributed by atoms with Crippen molar-refractivity contribution >= 4 is 87.2 Å². The second-order valence-electron chi connectivity index (χ2n) is 25.3. The zero-order chi connectivity index (χ0) is 65.8. The third-order valence-electron chi connectivity index (χ3n) is 19.6. The minimum Gasteiger partial charge on any atom is -0.307 e. The average molecular weight is 1280 g/mol. The van der Waals surface area contributed by atoms with Crippen LogP contribution in [0, 0.1) is 0 Å². The molecule has 10 nitrogen and oxygen atoms in total. The molecule has 0 aliphatic rings. The standard InChI is InChI=1S/C90H56N10/c1-7-27-57(28-8-1)85-91-86(58-29-9-2-10-30-58)94-89(93-85)61-47-49-69(79(55-61)99-77-45-25-21-41-67(77)73-53-51-71-65-39-19-23-43-75(65)97(81(71)83(73)99)63-35-15-5-16-36-63)70-50-48-62(90-95-87(59-31-11-3-12-32-59)92-88(96-90)60-33-13-4-14-34-60)56-80(70)100-78-46-26-22-42-68(78)74-54-52-72-66-40-20-24-44-76(66)98(82(72)84(74)100)64-37-17-6-18-38-64/h1-56H. The minimum absolute atomic E-state index is 0.539. The van der Waals surface area contributed by atoms with E-state index < -0.39 is 0 Å². The van der Waals surface area contributed by atoms with Crippen LogP contribution in [0.5, 0.6) is 0 Å². The Kier molecular flexibility index (Phi) is 13.0. The number of fused-ring (bicyclic) bond motifs is 14. The highest BCUT2D eigenvalue weighted by Crippen LogP contribution is 2.48. The van der Waals surface area contributed by atoms with Crippen molar-refractivity contribution in [2.24, 2.45) is 0 Å². The summed E-state index contributed by atoms with van der Waals surface area (Å²) >= 11 is 0. The fourth-order valence-electron chi connectivity index (χ4n) is 15.2. The number of hydrogen-bond acceptors (Lipinski definition) is 6. The molecule has 466 valence electrons. The van der Waals surface area contributed by atoms with Gasteiger partial charge >= 0.3 is 0 Å². The maximum Gasteiger partial charge on any atom is 0.164 e. The van der Waals surface area contributed by atoms with E-state index in [0.717, 1.165) is 154 Å². The Morgan fingerprint density at radius 2 is 0.400 bits per heavy atom. The van der Waals surface area contributed by atoms with Crippen molar-refractivity contribution in [3.63, 3.8) is 0 Å². The number of benzene rings is 14. The molecule has 0 amide bonds. The van der Waals surface area contributed by atoms with Gasteiger partial charge in [-0.2, -0.15) is 0 Å². The summed E-state index contributed by atoms with van der Waals surface area (Å²) < 4.78 is 9.93. The Hall–Kier alpha value is -13.7. The molecule has 0 saturated carbocycles. The molecule has 20 aromatic rings. The van der Waals surface area contributed by atoms with Crippen LogP contribution in [-0.2, 0) is 0 Å². The summed E-state index contributed by atoms with van der Waals surface area (Å²) in [5.41, 5.74) is 19.6. The SMILES string of the molecule is c1ccc(-c2nc(-c3ccccc3)nc(-c3ccc(-c4ccc(-c5nc(-c6ccccc6)nc(-c6ccccc6)n5)cc4-n4c5ccccc5c5ccc6c7ccccc7n(-c7ccccc7)c6c54)c(-n4c5ccccc5c5ccc6c7ccccc7n(-c7ccccc7)c6c54)c3)n2)cc1. The first-order valence-electron chi connectivity index (χ1n) is 33.7. The number of aromatic nitrogens is 10. The number of para-hydroxylation sites is 6. The van der Waals surface area contributed by atoms with Crippen LogP contribution in [0.15, 0.2) is 340 Å². The topological polar surface area (TPSA) is 97.1 Å². The summed E-state index contributed by atoms with van der Waals surface area (Å²) in [4.78, 5) is 32.1. The quantitative estimate of drug-likeness (QED) is 0.128. The van der Waals surface area contributed by atoms with Crippen molar-refractivity contribution in [2.45, 2.75) is 0 Å². The molecular formula is C90H56N10. The predicted molar refractivity (Wildman–Crippen MR) is 409 cm³/mol. The molecule has 14 aromatic carbocycles.